The highest BCUT2D eigenvalue weighted by Gasteiger charge is 2.10. The SMILES string of the molecule is CC(NCc1cccc(S(N)(=O)=O)c1)c1ccc(Cl)s1. The Morgan fingerprint density at radius 1 is 1.35 bits per heavy atom. The number of thiophene rings is 1. The summed E-state index contributed by atoms with van der Waals surface area (Å²) < 4.78 is 23.3. The largest absolute Gasteiger partial charge is 0.305 e. The first-order valence-electron chi connectivity index (χ1n) is 5.96. The molecule has 0 bridgehead atoms. The molecule has 1 unspecified atom stereocenters. The summed E-state index contributed by atoms with van der Waals surface area (Å²) in [5.41, 5.74) is 0.867. The lowest BCUT2D eigenvalue weighted by molar-refractivity contribution is 0.581. The van der Waals surface area contributed by atoms with Crippen LogP contribution in [0.4, 0.5) is 0 Å². The Morgan fingerprint density at radius 3 is 2.70 bits per heavy atom. The van der Waals surface area contributed by atoms with Crippen molar-refractivity contribution >= 4 is 33.0 Å². The minimum atomic E-state index is -3.66. The van der Waals surface area contributed by atoms with Gasteiger partial charge in [0.15, 0.2) is 0 Å². The molecule has 0 amide bonds. The lowest BCUT2D eigenvalue weighted by Crippen LogP contribution is -2.18. The number of sulfonamides is 1. The van der Waals surface area contributed by atoms with Crippen LogP contribution in [-0.2, 0) is 16.6 Å². The first kappa shape index (κ1) is 15.5. The zero-order valence-electron chi connectivity index (χ0n) is 10.8. The molecule has 2 rings (SSSR count). The number of primary sulfonamides is 1. The molecular formula is C13H15ClN2O2S2. The molecule has 0 radical (unpaired) electrons. The number of hydrogen-bond acceptors (Lipinski definition) is 4. The van der Waals surface area contributed by atoms with E-state index in [1.165, 1.54) is 17.4 Å². The van der Waals surface area contributed by atoms with Gasteiger partial charge in [0.25, 0.3) is 0 Å². The van der Waals surface area contributed by atoms with Gasteiger partial charge in [-0.05, 0) is 36.8 Å². The Bertz CT molecular complexity index is 698. The van der Waals surface area contributed by atoms with Crippen LogP contribution in [0.5, 0.6) is 0 Å². The van der Waals surface area contributed by atoms with E-state index in [0.29, 0.717) is 6.54 Å². The maximum absolute atomic E-state index is 11.3. The van der Waals surface area contributed by atoms with Gasteiger partial charge in [-0.25, -0.2) is 13.6 Å². The zero-order chi connectivity index (χ0) is 14.8. The summed E-state index contributed by atoms with van der Waals surface area (Å²) >= 11 is 7.43. The molecule has 0 aliphatic heterocycles. The van der Waals surface area contributed by atoms with Crippen LogP contribution >= 0.6 is 22.9 Å². The molecule has 7 heteroatoms. The molecule has 0 saturated heterocycles. The zero-order valence-corrected chi connectivity index (χ0v) is 13.2. The van der Waals surface area contributed by atoms with Crippen molar-refractivity contribution in [1.29, 1.82) is 0 Å². The van der Waals surface area contributed by atoms with Crippen molar-refractivity contribution < 1.29 is 8.42 Å². The molecule has 0 saturated carbocycles. The molecule has 4 nitrogen and oxygen atoms in total. The van der Waals surface area contributed by atoms with Crippen LogP contribution in [0.1, 0.15) is 23.4 Å². The van der Waals surface area contributed by atoms with Crippen molar-refractivity contribution in [1.82, 2.24) is 5.32 Å². The Hall–Kier alpha value is -0.920. The third-order valence-corrected chi connectivity index (χ3v) is 5.18. The van der Waals surface area contributed by atoms with Gasteiger partial charge in [-0.3, -0.25) is 0 Å². The fourth-order valence-corrected chi connectivity index (χ4v) is 3.44. The molecule has 0 aliphatic rings. The molecule has 20 heavy (non-hydrogen) atoms. The Labute approximate surface area is 127 Å². The molecule has 1 aromatic heterocycles. The molecule has 1 heterocycles. The van der Waals surface area contributed by atoms with E-state index in [4.69, 9.17) is 16.7 Å². The van der Waals surface area contributed by atoms with E-state index in [1.54, 1.807) is 12.1 Å². The van der Waals surface area contributed by atoms with Crippen molar-refractivity contribution in [3.05, 3.63) is 51.2 Å². The standard InChI is InChI=1S/C13H15ClN2O2S2/c1-9(12-5-6-13(14)19-12)16-8-10-3-2-4-11(7-10)20(15,17)18/h2-7,9,16H,8H2,1H3,(H2,15,17,18). The number of benzene rings is 1. The van der Waals surface area contributed by atoms with Gasteiger partial charge in [0.05, 0.1) is 9.23 Å². The second-order valence-corrected chi connectivity index (χ2v) is 7.74. The van der Waals surface area contributed by atoms with Crippen molar-refractivity contribution in [2.45, 2.75) is 24.4 Å². The maximum Gasteiger partial charge on any atom is 0.238 e. The summed E-state index contributed by atoms with van der Waals surface area (Å²) in [5.74, 6) is 0. The monoisotopic (exact) mass is 330 g/mol. The molecule has 1 atom stereocenters. The van der Waals surface area contributed by atoms with Gasteiger partial charge in [0.2, 0.25) is 10.0 Å². The Kier molecular flexibility index (Phi) is 4.82. The van der Waals surface area contributed by atoms with Crippen LogP contribution in [-0.4, -0.2) is 8.42 Å². The first-order chi connectivity index (χ1) is 9.36. The van der Waals surface area contributed by atoms with Crippen LogP contribution in [0, 0.1) is 0 Å². The topological polar surface area (TPSA) is 72.2 Å². The van der Waals surface area contributed by atoms with Gasteiger partial charge in [0, 0.05) is 17.5 Å². The predicted octanol–water partition coefficient (Wildman–Crippen LogP) is 2.90. The van der Waals surface area contributed by atoms with Gasteiger partial charge >= 0.3 is 0 Å². The van der Waals surface area contributed by atoms with E-state index in [1.807, 2.05) is 25.1 Å². The number of nitrogens with two attached hydrogens (primary N) is 1. The first-order valence-corrected chi connectivity index (χ1v) is 8.71. The number of rotatable bonds is 5. The van der Waals surface area contributed by atoms with Crippen molar-refractivity contribution in [3.8, 4) is 0 Å². The normalized spacial score (nSPS) is 13.3. The molecule has 0 aliphatic carbocycles. The fourth-order valence-electron chi connectivity index (χ4n) is 1.76. The minimum Gasteiger partial charge on any atom is -0.305 e. The number of hydrogen-bond donors (Lipinski definition) is 2. The summed E-state index contributed by atoms with van der Waals surface area (Å²) in [7, 11) is -3.66. The maximum atomic E-state index is 11.3. The highest BCUT2D eigenvalue weighted by atomic mass is 35.5. The van der Waals surface area contributed by atoms with Crippen molar-refractivity contribution in [2.24, 2.45) is 5.14 Å². The predicted molar refractivity (Wildman–Crippen MR) is 82.4 cm³/mol. The number of halogens is 1. The molecular weight excluding hydrogens is 316 g/mol. The van der Waals surface area contributed by atoms with Gasteiger partial charge < -0.3 is 5.32 Å². The smallest absolute Gasteiger partial charge is 0.238 e. The highest BCUT2D eigenvalue weighted by Crippen LogP contribution is 2.26. The van der Waals surface area contributed by atoms with Crippen LogP contribution < -0.4 is 10.5 Å². The van der Waals surface area contributed by atoms with Gasteiger partial charge in [-0.2, -0.15) is 0 Å². The third kappa shape index (κ3) is 4.04. The quantitative estimate of drug-likeness (QED) is 0.885. The molecule has 1 aromatic carbocycles. The molecule has 0 spiro atoms. The van der Waals surface area contributed by atoms with E-state index >= 15 is 0 Å². The van der Waals surface area contributed by atoms with E-state index in [9.17, 15) is 8.42 Å². The lowest BCUT2D eigenvalue weighted by atomic mass is 10.2. The van der Waals surface area contributed by atoms with Crippen LogP contribution in [0.15, 0.2) is 41.3 Å². The van der Waals surface area contributed by atoms with Crippen LogP contribution in [0.3, 0.4) is 0 Å². The fraction of sp³-hybridized carbons (Fsp3) is 0.231. The van der Waals surface area contributed by atoms with Gasteiger partial charge in [-0.1, -0.05) is 23.7 Å². The summed E-state index contributed by atoms with van der Waals surface area (Å²) in [5, 5.41) is 8.44. The van der Waals surface area contributed by atoms with E-state index in [-0.39, 0.29) is 10.9 Å². The Balaban J connectivity index is 2.04. The van der Waals surface area contributed by atoms with Gasteiger partial charge in [-0.15, -0.1) is 11.3 Å². The van der Waals surface area contributed by atoms with E-state index in [0.717, 1.165) is 14.8 Å². The summed E-state index contributed by atoms with van der Waals surface area (Å²) in [4.78, 5) is 1.27. The highest BCUT2D eigenvalue weighted by molar-refractivity contribution is 7.89. The van der Waals surface area contributed by atoms with Crippen molar-refractivity contribution in [2.75, 3.05) is 0 Å². The van der Waals surface area contributed by atoms with Crippen LogP contribution in [0.25, 0.3) is 0 Å². The Morgan fingerprint density at radius 2 is 2.10 bits per heavy atom. The average molecular weight is 331 g/mol. The molecule has 2 aromatic rings. The van der Waals surface area contributed by atoms with E-state index in [2.05, 4.69) is 5.32 Å². The molecule has 108 valence electrons. The molecule has 3 N–H and O–H groups in total. The van der Waals surface area contributed by atoms with Gasteiger partial charge in [0.1, 0.15) is 0 Å². The summed E-state index contributed by atoms with van der Waals surface area (Å²) in [6.45, 7) is 2.59. The lowest BCUT2D eigenvalue weighted by Gasteiger charge is -2.12. The second kappa shape index (κ2) is 6.24. The summed E-state index contributed by atoms with van der Waals surface area (Å²) in [6, 6.07) is 10.6. The number of nitrogens with one attached hydrogen (secondary N) is 1. The molecule has 0 fully saturated rings. The van der Waals surface area contributed by atoms with E-state index < -0.39 is 10.0 Å². The van der Waals surface area contributed by atoms with Crippen molar-refractivity contribution in [3.63, 3.8) is 0 Å². The second-order valence-electron chi connectivity index (χ2n) is 4.44. The average Bonchev–Trinajstić information content (AvgIpc) is 2.82. The minimum absolute atomic E-state index is 0.128. The summed E-state index contributed by atoms with van der Waals surface area (Å²) in [6.07, 6.45) is 0. The van der Waals surface area contributed by atoms with Crippen LogP contribution in [0.2, 0.25) is 4.34 Å². The third-order valence-electron chi connectivity index (χ3n) is 2.86.